The number of H-pyrrole nitrogens is 1. The van der Waals surface area contributed by atoms with Gasteiger partial charge in [0.1, 0.15) is 11.0 Å². The van der Waals surface area contributed by atoms with Crippen molar-refractivity contribution in [2.75, 3.05) is 12.0 Å². The monoisotopic (exact) mass is 330 g/mol. The largest absolute Gasteiger partial charge is 0.329 e. The smallest absolute Gasteiger partial charge is 0.297 e. The van der Waals surface area contributed by atoms with E-state index in [-0.39, 0.29) is 28.6 Å². The molecule has 0 aliphatic carbocycles. The SMILES string of the molecule is CS(=O)CCn1c(=O)[nH]c(Cl)c(-c2cccc(F)c2)c1=O. The number of aromatic amines is 1. The number of hydrogen-bond acceptors (Lipinski definition) is 3. The Hall–Kier alpha value is -1.73. The van der Waals surface area contributed by atoms with Crippen LogP contribution in [0, 0.1) is 5.82 Å². The summed E-state index contributed by atoms with van der Waals surface area (Å²) in [6.07, 6.45) is 1.47. The fourth-order valence-corrected chi connectivity index (χ4v) is 2.57. The van der Waals surface area contributed by atoms with E-state index in [1.54, 1.807) is 0 Å². The molecule has 0 aliphatic heterocycles. The van der Waals surface area contributed by atoms with E-state index < -0.39 is 27.9 Å². The molecule has 8 heteroatoms. The van der Waals surface area contributed by atoms with Gasteiger partial charge in [-0.3, -0.25) is 18.6 Å². The van der Waals surface area contributed by atoms with Crippen molar-refractivity contribution in [2.45, 2.75) is 6.54 Å². The third-order valence-corrected chi connectivity index (χ3v) is 3.90. The quantitative estimate of drug-likeness (QED) is 0.861. The highest BCUT2D eigenvalue weighted by Crippen LogP contribution is 2.22. The van der Waals surface area contributed by atoms with Gasteiger partial charge in [-0.1, -0.05) is 23.7 Å². The molecule has 5 nitrogen and oxygen atoms in total. The van der Waals surface area contributed by atoms with Crippen molar-refractivity contribution in [1.82, 2.24) is 9.55 Å². The van der Waals surface area contributed by atoms with Gasteiger partial charge in [-0.25, -0.2) is 9.18 Å². The second-order valence-electron chi connectivity index (χ2n) is 4.36. The summed E-state index contributed by atoms with van der Waals surface area (Å²) in [7, 11) is -1.15. The number of rotatable bonds is 4. The van der Waals surface area contributed by atoms with Crippen molar-refractivity contribution in [3.63, 3.8) is 0 Å². The summed E-state index contributed by atoms with van der Waals surface area (Å²) in [5, 5.41) is -0.149. The number of hydrogen-bond donors (Lipinski definition) is 1. The molecule has 0 spiro atoms. The average molecular weight is 331 g/mol. The number of nitrogens with zero attached hydrogens (tertiary/aromatic N) is 1. The first kappa shape index (κ1) is 15.7. The van der Waals surface area contributed by atoms with Crippen molar-refractivity contribution in [3.05, 3.63) is 56.1 Å². The predicted octanol–water partition coefficient (Wildman–Crippen LogP) is 1.37. The van der Waals surface area contributed by atoms with Gasteiger partial charge in [0.2, 0.25) is 0 Å². The second kappa shape index (κ2) is 6.36. The molecule has 21 heavy (non-hydrogen) atoms. The van der Waals surface area contributed by atoms with Gasteiger partial charge in [-0.15, -0.1) is 0 Å². The Morgan fingerprint density at radius 3 is 2.71 bits per heavy atom. The topological polar surface area (TPSA) is 71.9 Å². The molecular weight excluding hydrogens is 319 g/mol. The van der Waals surface area contributed by atoms with Crippen LogP contribution in [-0.4, -0.2) is 25.8 Å². The molecule has 0 saturated carbocycles. The van der Waals surface area contributed by atoms with Gasteiger partial charge in [0.15, 0.2) is 0 Å². The normalized spacial score (nSPS) is 12.3. The number of halogens is 2. The van der Waals surface area contributed by atoms with Crippen LogP contribution in [0.2, 0.25) is 5.15 Å². The first-order chi connectivity index (χ1) is 9.90. The minimum Gasteiger partial charge on any atom is -0.297 e. The Morgan fingerprint density at radius 1 is 1.38 bits per heavy atom. The Kier molecular flexibility index (Phi) is 4.74. The fraction of sp³-hybridized carbons (Fsp3) is 0.231. The van der Waals surface area contributed by atoms with Gasteiger partial charge in [0.25, 0.3) is 5.56 Å². The summed E-state index contributed by atoms with van der Waals surface area (Å²) in [5.74, 6) is -0.358. The lowest BCUT2D eigenvalue weighted by molar-refractivity contribution is 0.628. The molecule has 1 N–H and O–H groups in total. The van der Waals surface area contributed by atoms with Crippen molar-refractivity contribution < 1.29 is 8.60 Å². The molecule has 2 rings (SSSR count). The Balaban J connectivity index is 2.62. The van der Waals surface area contributed by atoms with Gasteiger partial charge in [-0.2, -0.15) is 0 Å². The molecule has 1 aromatic heterocycles. The van der Waals surface area contributed by atoms with Gasteiger partial charge in [0.05, 0.1) is 5.56 Å². The molecule has 2 aromatic rings. The van der Waals surface area contributed by atoms with Crippen LogP contribution in [0.1, 0.15) is 0 Å². The maximum absolute atomic E-state index is 13.3. The molecule has 1 atom stereocenters. The molecule has 1 aromatic carbocycles. The van der Waals surface area contributed by atoms with E-state index in [2.05, 4.69) is 4.98 Å². The number of benzene rings is 1. The third-order valence-electron chi connectivity index (χ3n) is 2.86. The summed E-state index contributed by atoms with van der Waals surface area (Å²) in [5.41, 5.74) is -1.04. The van der Waals surface area contributed by atoms with Crippen molar-refractivity contribution >= 4 is 22.4 Å². The van der Waals surface area contributed by atoms with E-state index in [1.165, 1.54) is 24.5 Å². The first-order valence-corrected chi connectivity index (χ1v) is 8.09. The number of aromatic nitrogens is 2. The van der Waals surface area contributed by atoms with Crippen LogP contribution >= 0.6 is 11.6 Å². The Bertz CT molecular complexity index is 816. The van der Waals surface area contributed by atoms with Crippen LogP contribution in [0.5, 0.6) is 0 Å². The van der Waals surface area contributed by atoms with Crippen LogP contribution in [-0.2, 0) is 17.3 Å². The zero-order chi connectivity index (χ0) is 15.6. The number of nitrogens with one attached hydrogen (secondary N) is 1. The lowest BCUT2D eigenvalue weighted by atomic mass is 10.1. The molecule has 0 amide bonds. The van der Waals surface area contributed by atoms with Gasteiger partial charge in [0, 0.05) is 29.4 Å². The Morgan fingerprint density at radius 2 is 2.10 bits per heavy atom. The minimum absolute atomic E-state index is 0.00321. The highest BCUT2D eigenvalue weighted by Gasteiger charge is 2.15. The molecule has 0 aliphatic rings. The summed E-state index contributed by atoms with van der Waals surface area (Å²) in [6, 6.07) is 5.36. The van der Waals surface area contributed by atoms with E-state index in [9.17, 15) is 18.2 Å². The van der Waals surface area contributed by atoms with E-state index in [1.807, 2.05) is 0 Å². The summed E-state index contributed by atoms with van der Waals surface area (Å²) >= 11 is 5.91. The van der Waals surface area contributed by atoms with Crippen molar-refractivity contribution in [3.8, 4) is 11.1 Å². The minimum atomic E-state index is -1.15. The van der Waals surface area contributed by atoms with Crippen molar-refractivity contribution in [2.24, 2.45) is 0 Å². The van der Waals surface area contributed by atoms with Crippen LogP contribution < -0.4 is 11.2 Å². The van der Waals surface area contributed by atoms with E-state index >= 15 is 0 Å². The molecule has 0 radical (unpaired) electrons. The van der Waals surface area contributed by atoms with Crippen molar-refractivity contribution in [1.29, 1.82) is 0 Å². The molecule has 112 valence electrons. The summed E-state index contributed by atoms with van der Waals surface area (Å²) in [4.78, 5) is 26.5. The lowest BCUT2D eigenvalue weighted by Gasteiger charge is -2.08. The lowest BCUT2D eigenvalue weighted by Crippen LogP contribution is -2.37. The Labute approximate surface area is 126 Å². The predicted molar refractivity (Wildman–Crippen MR) is 80.7 cm³/mol. The van der Waals surface area contributed by atoms with Gasteiger partial charge in [-0.05, 0) is 17.7 Å². The second-order valence-corrected chi connectivity index (χ2v) is 6.30. The van der Waals surface area contributed by atoms with Crippen LogP contribution in [0.4, 0.5) is 4.39 Å². The molecule has 0 fully saturated rings. The van der Waals surface area contributed by atoms with Gasteiger partial charge < -0.3 is 0 Å². The molecule has 0 bridgehead atoms. The van der Waals surface area contributed by atoms with Gasteiger partial charge >= 0.3 is 5.69 Å². The fourth-order valence-electron chi connectivity index (χ4n) is 1.86. The first-order valence-electron chi connectivity index (χ1n) is 5.98. The maximum atomic E-state index is 13.3. The molecule has 1 unspecified atom stereocenters. The van der Waals surface area contributed by atoms with E-state index in [0.717, 1.165) is 10.6 Å². The van der Waals surface area contributed by atoms with Crippen LogP contribution in [0.15, 0.2) is 33.9 Å². The maximum Gasteiger partial charge on any atom is 0.329 e. The third kappa shape index (κ3) is 3.48. The zero-order valence-corrected chi connectivity index (χ0v) is 12.6. The van der Waals surface area contributed by atoms with Crippen LogP contribution in [0.3, 0.4) is 0 Å². The molecule has 0 saturated heterocycles. The summed E-state index contributed by atoms with van der Waals surface area (Å²) < 4.78 is 25.3. The zero-order valence-electron chi connectivity index (χ0n) is 11.1. The molecule has 1 heterocycles. The van der Waals surface area contributed by atoms with E-state index in [0.29, 0.717) is 0 Å². The highest BCUT2D eigenvalue weighted by atomic mass is 35.5. The van der Waals surface area contributed by atoms with E-state index in [4.69, 9.17) is 11.6 Å². The van der Waals surface area contributed by atoms with Crippen LogP contribution in [0.25, 0.3) is 11.1 Å². The highest BCUT2D eigenvalue weighted by molar-refractivity contribution is 7.84. The standard InChI is InChI=1S/C13H12ClFN2O3S/c1-21(20)6-5-17-12(18)10(11(14)16-13(17)19)8-3-2-4-9(15)7-8/h2-4,7H,5-6H2,1H3,(H,16,19). The average Bonchev–Trinajstić information content (AvgIpc) is 2.37. The molecular formula is C13H12ClFN2O3S. The summed E-state index contributed by atoms with van der Waals surface area (Å²) in [6.45, 7) is -0.00321.